The number of rotatable bonds is 8. The van der Waals surface area contributed by atoms with E-state index in [-0.39, 0.29) is 22.4 Å². The Bertz CT molecular complexity index is 928. The van der Waals surface area contributed by atoms with Gasteiger partial charge in [-0.05, 0) is 24.0 Å². The fraction of sp³-hybridized carbons (Fsp3) is 0.304. The number of carbonyl (C=O) groups is 2. The minimum Gasteiger partial charge on any atom is -0.479 e. The van der Waals surface area contributed by atoms with Crippen molar-refractivity contribution < 1.29 is 37.1 Å². The Balaban J connectivity index is 0.000000558. The smallest absolute Gasteiger partial charge is 0.479 e. The maximum Gasteiger partial charge on any atom is 1.00 e. The third-order valence-corrected chi connectivity index (χ3v) is 7.49. The molecule has 0 aliphatic rings. The molecule has 0 saturated carbocycles. The molecule has 0 spiro atoms. The summed E-state index contributed by atoms with van der Waals surface area (Å²) in [7, 11) is 0.446. The monoisotopic (exact) mass is 636 g/mol. The van der Waals surface area contributed by atoms with E-state index in [1.165, 1.54) is 18.5 Å². The fourth-order valence-corrected chi connectivity index (χ4v) is 4.25. The van der Waals surface area contributed by atoms with Gasteiger partial charge >= 0.3 is 28.3 Å². The van der Waals surface area contributed by atoms with Crippen molar-refractivity contribution in [1.82, 2.24) is 20.7 Å². The minimum atomic E-state index is -1.12. The number of H-pyrrole nitrogens is 1. The zero-order valence-electron chi connectivity index (χ0n) is 18.3. The molecule has 7 nitrogen and oxygen atoms in total. The van der Waals surface area contributed by atoms with Gasteiger partial charge in [-0.15, -0.1) is 25.6 Å². The Morgan fingerprint density at radius 2 is 1.62 bits per heavy atom. The Labute approximate surface area is 205 Å². The van der Waals surface area contributed by atoms with Crippen LogP contribution in [0.5, 0.6) is 0 Å². The van der Waals surface area contributed by atoms with E-state index < -0.39 is 17.9 Å². The van der Waals surface area contributed by atoms with Gasteiger partial charge in [0.05, 0.1) is 0 Å². The van der Waals surface area contributed by atoms with Gasteiger partial charge in [0.2, 0.25) is 0 Å². The maximum absolute atomic E-state index is 12.3. The molecule has 1 aromatic heterocycles. The predicted molar refractivity (Wildman–Crippen MR) is 123 cm³/mol. The van der Waals surface area contributed by atoms with Gasteiger partial charge in [-0.25, -0.2) is 9.89 Å². The van der Waals surface area contributed by atoms with E-state index in [1.807, 2.05) is 0 Å². The first-order valence-electron chi connectivity index (χ1n) is 10.2. The van der Waals surface area contributed by atoms with Crippen molar-refractivity contribution in [2.75, 3.05) is 18.5 Å². The average Bonchev–Trinajstić information content (AvgIpc) is 3.34. The number of benzene rings is 2. The number of carboxylic acids is 1. The molecular formula is C23H28AuN4O3P. The third-order valence-electron chi connectivity index (χ3n) is 4.81. The summed E-state index contributed by atoms with van der Waals surface area (Å²) in [5.74, 6) is -1.59. The van der Waals surface area contributed by atoms with E-state index in [1.54, 1.807) is 54.6 Å². The van der Waals surface area contributed by atoms with Crippen LogP contribution in [0.4, 0.5) is 0 Å². The third kappa shape index (κ3) is 8.32. The quantitative estimate of drug-likeness (QED) is 0.194. The molecule has 0 saturated heterocycles. The van der Waals surface area contributed by atoms with Crippen LogP contribution in [0, 0.1) is 6.20 Å². The van der Waals surface area contributed by atoms with Crippen molar-refractivity contribution in [2.24, 2.45) is 0 Å². The van der Waals surface area contributed by atoms with E-state index >= 15 is 0 Å². The van der Waals surface area contributed by atoms with E-state index in [0.717, 1.165) is 5.56 Å². The molecule has 3 N–H and O–H groups in total. The van der Waals surface area contributed by atoms with E-state index in [9.17, 15) is 14.7 Å². The molecule has 3 rings (SSSR count). The summed E-state index contributed by atoms with van der Waals surface area (Å²) in [6.07, 6.45) is 6.93. The zero-order chi connectivity index (χ0) is 22.6. The largest absolute Gasteiger partial charge is 1.00 e. The summed E-state index contributed by atoms with van der Waals surface area (Å²) >= 11 is 0. The van der Waals surface area contributed by atoms with Crippen molar-refractivity contribution in [1.29, 1.82) is 0 Å². The van der Waals surface area contributed by atoms with Crippen LogP contribution in [0.15, 0.2) is 54.6 Å². The molecule has 32 heavy (non-hydrogen) atoms. The summed E-state index contributed by atoms with van der Waals surface area (Å²) in [5.41, 5.74) is 2.24. The molecule has 3 aromatic rings. The molecule has 9 heteroatoms. The predicted octanol–water partition coefficient (Wildman–Crippen LogP) is 4.35. The number of aromatic amines is 1. The molecule has 0 fully saturated rings. The number of aromatic nitrogens is 3. The van der Waals surface area contributed by atoms with Gasteiger partial charge < -0.3 is 10.4 Å². The molecule has 1 atom stereocenters. The maximum atomic E-state index is 12.3. The number of amides is 1. The normalized spacial score (nSPS) is 11.0. The first-order valence-corrected chi connectivity index (χ1v) is 12.1. The van der Waals surface area contributed by atoms with Crippen LogP contribution in [0.3, 0.4) is 0 Å². The molecule has 174 valence electrons. The number of carbonyl (C=O) groups excluding carboxylic acids is 1. The molecule has 1 amide bonds. The van der Waals surface area contributed by atoms with Crippen LogP contribution in [-0.4, -0.2) is 50.9 Å². The molecule has 1 heterocycles. The van der Waals surface area contributed by atoms with Crippen LogP contribution in [0.1, 0.15) is 42.7 Å². The molecule has 2 aromatic carbocycles. The summed E-state index contributed by atoms with van der Waals surface area (Å²) in [6.45, 7) is 6.87. The second-order valence-corrected chi connectivity index (χ2v) is 9.89. The van der Waals surface area contributed by atoms with Crippen molar-refractivity contribution in [3.05, 3.63) is 71.9 Å². The SMILES string of the molecule is CCP(CC)CC.O=C(N[C@@H](C(=O)O)c1ccccc1)c1ccc(-c2[c-]nn[nH]2)cc1.[Au+]. The van der Waals surface area contributed by atoms with Crippen molar-refractivity contribution in [3.63, 3.8) is 0 Å². The Morgan fingerprint density at radius 3 is 2.06 bits per heavy atom. The summed E-state index contributed by atoms with van der Waals surface area (Å²) in [4.78, 5) is 23.8. The standard InChI is InChI=1S/C17H13N4O3.C6H15P.Au/c22-16(19-15(17(23)24)12-4-2-1-3-5-12)13-8-6-11(7-9-13)14-10-18-21-20-14;1-4-7(5-2)6-3;/h1-9,15H,(H,19,22)(H,23,24)(H,18,20,21);4-6H2,1-3H3;/q-1;;+1/t15-;;/m1../s1. The van der Waals surface area contributed by atoms with E-state index in [0.29, 0.717) is 24.7 Å². The molecule has 0 bridgehead atoms. The second kappa shape index (κ2) is 14.7. The Hall–Kier alpha value is -2.31. The van der Waals surface area contributed by atoms with Crippen LogP contribution in [-0.2, 0) is 27.2 Å². The van der Waals surface area contributed by atoms with Gasteiger partial charge in [0.1, 0.15) is 0 Å². The number of carboxylic acid groups (broad SMARTS) is 1. The molecule has 0 radical (unpaired) electrons. The summed E-state index contributed by atoms with van der Waals surface area (Å²) in [5, 5.41) is 21.7. The first-order chi connectivity index (χ1) is 15.0. The second-order valence-electron chi connectivity index (χ2n) is 6.65. The molecule has 0 unspecified atom stereocenters. The van der Waals surface area contributed by atoms with Crippen LogP contribution in [0.2, 0.25) is 0 Å². The fourth-order valence-electron chi connectivity index (χ4n) is 2.91. The summed E-state index contributed by atoms with van der Waals surface area (Å²) < 4.78 is 0. The van der Waals surface area contributed by atoms with Gasteiger partial charge in [0.15, 0.2) is 6.04 Å². The first kappa shape index (κ1) is 27.7. The topological polar surface area (TPSA) is 108 Å². The van der Waals surface area contributed by atoms with Crippen LogP contribution in [0.25, 0.3) is 11.3 Å². The van der Waals surface area contributed by atoms with Gasteiger partial charge in [0, 0.05) is 5.56 Å². The molecular weight excluding hydrogens is 608 g/mol. The average molecular weight is 636 g/mol. The number of hydrogen-bond donors (Lipinski definition) is 3. The number of aliphatic carboxylic acids is 1. The Morgan fingerprint density at radius 1 is 1.03 bits per heavy atom. The zero-order valence-corrected chi connectivity index (χ0v) is 21.4. The number of nitrogens with zero attached hydrogens (tertiary/aromatic N) is 2. The van der Waals surface area contributed by atoms with Crippen LogP contribution < -0.4 is 5.32 Å². The summed E-state index contributed by atoms with van der Waals surface area (Å²) in [6, 6.07) is 14.0. The number of hydrogen-bond acceptors (Lipinski definition) is 4. The number of nitrogens with one attached hydrogen (secondary N) is 2. The van der Waals surface area contributed by atoms with Gasteiger partial charge in [0.25, 0.3) is 5.91 Å². The van der Waals surface area contributed by atoms with Gasteiger partial charge in [-0.1, -0.05) is 80.3 Å². The Kier molecular flexibility index (Phi) is 12.7. The van der Waals surface area contributed by atoms with Crippen molar-refractivity contribution in [2.45, 2.75) is 26.8 Å². The molecule has 0 aliphatic carbocycles. The molecule has 0 aliphatic heterocycles. The minimum absolute atomic E-state index is 0. The van der Waals surface area contributed by atoms with Gasteiger partial charge in [-0.3, -0.25) is 9.89 Å². The van der Waals surface area contributed by atoms with E-state index in [2.05, 4.69) is 47.7 Å². The van der Waals surface area contributed by atoms with Crippen molar-refractivity contribution >= 4 is 19.8 Å². The van der Waals surface area contributed by atoms with Crippen LogP contribution >= 0.6 is 7.92 Å². The van der Waals surface area contributed by atoms with E-state index in [4.69, 9.17) is 0 Å². The van der Waals surface area contributed by atoms with Crippen molar-refractivity contribution in [3.8, 4) is 11.3 Å². The van der Waals surface area contributed by atoms with Gasteiger partial charge in [-0.2, -0.15) is 0 Å².